The average molecular weight is 647 g/mol. The molecule has 1 aliphatic rings. The number of benzene rings is 3. The molecule has 2 atom stereocenters. The molecule has 42 heavy (non-hydrogen) atoms. The lowest BCUT2D eigenvalue weighted by Crippen LogP contribution is -2.46. The van der Waals surface area contributed by atoms with E-state index in [1.807, 2.05) is 0 Å². The van der Waals surface area contributed by atoms with Gasteiger partial charge in [0.1, 0.15) is 17.4 Å². The Hall–Kier alpha value is -3.54. The third-order valence-electron chi connectivity index (χ3n) is 6.46. The first-order valence-corrected chi connectivity index (χ1v) is 13.3. The largest absolute Gasteiger partial charge is 0.465 e. The zero-order chi connectivity index (χ0) is 31.3. The Balaban J connectivity index is 1.57. The Labute approximate surface area is 252 Å². The van der Waals surface area contributed by atoms with Crippen LogP contribution in [0.15, 0.2) is 48.5 Å². The number of anilines is 3. The summed E-state index contributed by atoms with van der Waals surface area (Å²) in [5.74, 6) is -11.2. The van der Waals surface area contributed by atoms with E-state index in [9.17, 15) is 32.7 Å². The van der Waals surface area contributed by atoms with Gasteiger partial charge in [-0.2, -0.15) is 0 Å². The van der Waals surface area contributed by atoms with Gasteiger partial charge in [0.05, 0.1) is 22.2 Å². The monoisotopic (exact) mass is 645 g/mol. The molecule has 222 valence electrons. The molecule has 0 aromatic heterocycles. The van der Waals surface area contributed by atoms with Crippen molar-refractivity contribution in [2.45, 2.75) is 38.2 Å². The fraction of sp³-hybridized carbons (Fsp3) is 0.250. The summed E-state index contributed by atoms with van der Waals surface area (Å²) in [6.45, 7) is 4.28. The van der Waals surface area contributed by atoms with Crippen molar-refractivity contribution < 1.29 is 37.1 Å². The SMILES string of the molecule is CC(C)(C)N(C(=O)O)c1c(F)ccc(NC(=O)c2cc(NC(=O)C3C(c4cc(Cl)cc(Cl)c4)C3(F)F)ccc2Cl)c1F. The van der Waals surface area contributed by atoms with Crippen LogP contribution < -0.4 is 15.5 Å². The van der Waals surface area contributed by atoms with E-state index in [-0.39, 0.29) is 31.9 Å². The lowest BCUT2D eigenvalue weighted by Gasteiger charge is -2.33. The van der Waals surface area contributed by atoms with E-state index in [1.54, 1.807) is 0 Å². The van der Waals surface area contributed by atoms with Gasteiger partial charge in [-0.25, -0.2) is 22.4 Å². The summed E-state index contributed by atoms with van der Waals surface area (Å²) in [6, 6.07) is 9.20. The van der Waals surface area contributed by atoms with Crippen molar-refractivity contribution in [1.82, 2.24) is 0 Å². The number of carbonyl (C=O) groups excluding carboxylic acids is 2. The standard InChI is InChI=1S/C28H22Cl3F4N3O4/c1-27(2,3)38(26(41)42)23-18(32)6-7-19(22(23)33)37-24(39)16-11-15(4-5-17(16)31)36-25(40)21-20(28(21,34)35)12-8-13(29)10-14(30)9-12/h4-11,20-21H,1-3H3,(H,36,40)(H,37,39)(H,41,42). The first kappa shape index (κ1) is 31.4. The van der Waals surface area contributed by atoms with Crippen LogP contribution >= 0.6 is 34.8 Å². The minimum Gasteiger partial charge on any atom is -0.465 e. The molecule has 0 bridgehead atoms. The number of alkyl halides is 2. The number of nitrogens with zero attached hydrogens (tertiary/aromatic N) is 1. The average Bonchev–Trinajstić information content (AvgIpc) is 3.44. The third kappa shape index (κ3) is 6.13. The Morgan fingerprint density at radius 2 is 1.55 bits per heavy atom. The van der Waals surface area contributed by atoms with E-state index in [0.29, 0.717) is 4.90 Å². The number of hydrogen-bond donors (Lipinski definition) is 3. The molecule has 0 saturated heterocycles. The van der Waals surface area contributed by atoms with E-state index in [0.717, 1.165) is 18.2 Å². The highest BCUT2D eigenvalue weighted by atomic mass is 35.5. The summed E-state index contributed by atoms with van der Waals surface area (Å²) in [4.78, 5) is 38.1. The van der Waals surface area contributed by atoms with Gasteiger partial charge in [-0.3, -0.25) is 14.5 Å². The number of rotatable bonds is 6. The third-order valence-corrected chi connectivity index (χ3v) is 7.23. The quantitative estimate of drug-likeness (QED) is 0.234. The first-order valence-electron chi connectivity index (χ1n) is 12.2. The topological polar surface area (TPSA) is 98.7 Å². The molecular formula is C28H22Cl3F4N3O4. The zero-order valence-electron chi connectivity index (χ0n) is 22.0. The molecule has 3 amide bonds. The Morgan fingerprint density at radius 3 is 2.12 bits per heavy atom. The molecule has 1 aliphatic carbocycles. The van der Waals surface area contributed by atoms with Crippen molar-refractivity contribution in [2.24, 2.45) is 5.92 Å². The van der Waals surface area contributed by atoms with Gasteiger partial charge < -0.3 is 15.7 Å². The minimum atomic E-state index is -3.39. The van der Waals surface area contributed by atoms with Crippen molar-refractivity contribution >= 4 is 69.8 Å². The molecule has 0 aliphatic heterocycles. The molecule has 3 aromatic rings. The summed E-state index contributed by atoms with van der Waals surface area (Å²) in [7, 11) is 0. The molecule has 1 saturated carbocycles. The maximum absolute atomic E-state index is 15.4. The van der Waals surface area contributed by atoms with Crippen LogP contribution in [0.2, 0.25) is 15.1 Å². The van der Waals surface area contributed by atoms with Gasteiger partial charge in [0.15, 0.2) is 5.82 Å². The smallest absolute Gasteiger partial charge is 0.412 e. The highest BCUT2D eigenvalue weighted by Gasteiger charge is 2.72. The van der Waals surface area contributed by atoms with Gasteiger partial charge in [0.2, 0.25) is 5.91 Å². The molecule has 2 unspecified atom stereocenters. The summed E-state index contributed by atoms with van der Waals surface area (Å²) in [6.07, 6.45) is -1.63. The van der Waals surface area contributed by atoms with Gasteiger partial charge in [-0.1, -0.05) is 34.8 Å². The number of carboxylic acid groups (broad SMARTS) is 1. The van der Waals surface area contributed by atoms with E-state index in [1.165, 1.54) is 51.1 Å². The van der Waals surface area contributed by atoms with Gasteiger partial charge in [0.25, 0.3) is 11.8 Å². The maximum atomic E-state index is 15.4. The molecule has 14 heteroatoms. The van der Waals surface area contributed by atoms with Gasteiger partial charge >= 0.3 is 6.09 Å². The van der Waals surface area contributed by atoms with Gasteiger partial charge in [0, 0.05) is 21.3 Å². The van der Waals surface area contributed by atoms with E-state index >= 15 is 4.39 Å². The molecule has 0 radical (unpaired) electrons. The summed E-state index contributed by atoms with van der Waals surface area (Å²) < 4.78 is 59.2. The molecule has 0 heterocycles. The number of hydrogen-bond acceptors (Lipinski definition) is 3. The lowest BCUT2D eigenvalue weighted by molar-refractivity contribution is -0.119. The Morgan fingerprint density at radius 1 is 0.929 bits per heavy atom. The van der Waals surface area contributed by atoms with Gasteiger partial charge in [-0.15, -0.1) is 0 Å². The van der Waals surface area contributed by atoms with Crippen LogP contribution in [0.4, 0.5) is 39.4 Å². The first-order chi connectivity index (χ1) is 19.4. The van der Waals surface area contributed by atoms with Crippen molar-refractivity contribution in [2.75, 3.05) is 15.5 Å². The Kier molecular flexibility index (Phi) is 8.43. The summed E-state index contributed by atoms with van der Waals surface area (Å²) in [5.41, 5.74) is -2.97. The lowest BCUT2D eigenvalue weighted by atomic mass is 10.0. The molecule has 0 spiro atoms. The second-order valence-electron chi connectivity index (χ2n) is 10.5. The van der Waals surface area contributed by atoms with Crippen molar-refractivity contribution in [3.63, 3.8) is 0 Å². The predicted molar refractivity (Wildman–Crippen MR) is 152 cm³/mol. The highest BCUT2D eigenvalue weighted by Crippen LogP contribution is 2.62. The molecule has 4 rings (SSSR count). The highest BCUT2D eigenvalue weighted by molar-refractivity contribution is 6.35. The van der Waals surface area contributed by atoms with E-state index in [2.05, 4.69) is 10.6 Å². The van der Waals surface area contributed by atoms with Crippen molar-refractivity contribution in [3.8, 4) is 0 Å². The fourth-order valence-corrected chi connectivity index (χ4v) is 5.32. The minimum absolute atomic E-state index is 0.0646. The van der Waals surface area contributed by atoms with Crippen LogP contribution in [0.25, 0.3) is 0 Å². The number of halogens is 7. The molecular weight excluding hydrogens is 625 g/mol. The van der Waals surface area contributed by atoms with Crippen LogP contribution in [0.5, 0.6) is 0 Å². The predicted octanol–water partition coefficient (Wildman–Crippen LogP) is 8.45. The summed E-state index contributed by atoms with van der Waals surface area (Å²) >= 11 is 18.0. The molecule has 1 fully saturated rings. The van der Waals surface area contributed by atoms with Crippen LogP contribution in [0.1, 0.15) is 42.6 Å². The van der Waals surface area contributed by atoms with Gasteiger partial charge in [-0.05, 0) is 74.9 Å². The van der Waals surface area contributed by atoms with Crippen LogP contribution in [-0.2, 0) is 4.79 Å². The Bertz CT molecular complexity index is 1590. The molecule has 3 aromatic carbocycles. The summed E-state index contributed by atoms with van der Waals surface area (Å²) in [5, 5.41) is 14.2. The zero-order valence-corrected chi connectivity index (χ0v) is 24.3. The number of nitrogens with one attached hydrogen (secondary N) is 2. The second kappa shape index (κ2) is 11.3. The maximum Gasteiger partial charge on any atom is 0.412 e. The van der Waals surface area contributed by atoms with E-state index in [4.69, 9.17) is 34.8 Å². The second-order valence-corrected chi connectivity index (χ2v) is 11.8. The number of carbonyl (C=O) groups is 3. The molecule has 3 N–H and O–H groups in total. The van der Waals surface area contributed by atoms with Crippen LogP contribution in [-0.4, -0.2) is 34.5 Å². The van der Waals surface area contributed by atoms with Crippen molar-refractivity contribution in [1.29, 1.82) is 0 Å². The normalized spacial score (nSPS) is 17.4. The van der Waals surface area contributed by atoms with E-state index < -0.39 is 64.2 Å². The molecule has 7 nitrogen and oxygen atoms in total. The van der Waals surface area contributed by atoms with Crippen molar-refractivity contribution in [3.05, 3.63) is 86.4 Å². The van der Waals surface area contributed by atoms with Crippen LogP contribution in [0.3, 0.4) is 0 Å². The van der Waals surface area contributed by atoms with Crippen LogP contribution in [0, 0.1) is 17.6 Å². The number of amides is 3. The fourth-order valence-electron chi connectivity index (χ4n) is 4.57.